The van der Waals surface area contributed by atoms with Crippen LogP contribution in [0.15, 0.2) is 11.7 Å². The highest BCUT2D eigenvalue weighted by molar-refractivity contribution is 7.20. The van der Waals surface area contributed by atoms with Gasteiger partial charge in [-0.3, -0.25) is 4.98 Å². The summed E-state index contributed by atoms with van der Waals surface area (Å²) in [6.45, 7) is 7.66. The number of rotatable bonds is 4. The lowest BCUT2D eigenvalue weighted by Crippen LogP contribution is -2.19. The largest absolute Gasteiger partial charge is 0.309 e. The van der Waals surface area contributed by atoms with E-state index in [-0.39, 0.29) is 5.41 Å². The number of thiazole rings is 2. The molecule has 1 N–H and O–H groups in total. The SMILES string of the molecule is CC(C)(C)c1nc(-c2cncs2)sc1CNC1CC1. The second kappa shape index (κ2) is 4.96. The summed E-state index contributed by atoms with van der Waals surface area (Å²) in [4.78, 5) is 11.6. The van der Waals surface area contributed by atoms with Crippen LogP contribution in [0, 0.1) is 0 Å². The van der Waals surface area contributed by atoms with E-state index in [1.54, 1.807) is 11.3 Å². The average Bonchev–Trinajstić information content (AvgIpc) is 2.87. The zero-order valence-corrected chi connectivity index (χ0v) is 13.2. The summed E-state index contributed by atoms with van der Waals surface area (Å²) < 4.78 is 0. The Hall–Kier alpha value is -0.780. The summed E-state index contributed by atoms with van der Waals surface area (Å²) in [5, 5.41) is 4.71. The highest BCUT2D eigenvalue weighted by Gasteiger charge is 2.26. The van der Waals surface area contributed by atoms with Crippen molar-refractivity contribution in [1.82, 2.24) is 15.3 Å². The first-order valence-electron chi connectivity index (χ1n) is 6.66. The lowest BCUT2D eigenvalue weighted by Gasteiger charge is -2.17. The number of aromatic nitrogens is 2. The topological polar surface area (TPSA) is 37.8 Å². The van der Waals surface area contributed by atoms with Crippen LogP contribution >= 0.6 is 22.7 Å². The van der Waals surface area contributed by atoms with Gasteiger partial charge in [-0.25, -0.2) is 4.98 Å². The molecule has 2 aromatic rings. The zero-order valence-electron chi connectivity index (χ0n) is 11.6. The lowest BCUT2D eigenvalue weighted by atomic mass is 9.91. The van der Waals surface area contributed by atoms with Gasteiger partial charge in [-0.1, -0.05) is 20.8 Å². The fourth-order valence-corrected chi connectivity index (χ4v) is 3.91. The minimum atomic E-state index is 0.0972. The molecular formula is C14H19N3S2. The molecule has 0 unspecified atom stereocenters. The maximum Gasteiger partial charge on any atom is 0.135 e. The molecule has 5 heteroatoms. The molecule has 0 aliphatic heterocycles. The van der Waals surface area contributed by atoms with E-state index in [1.807, 2.05) is 23.0 Å². The predicted molar refractivity (Wildman–Crippen MR) is 81.8 cm³/mol. The minimum absolute atomic E-state index is 0.0972. The summed E-state index contributed by atoms with van der Waals surface area (Å²) in [5.74, 6) is 0. The molecule has 0 bridgehead atoms. The van der Waals surface area contributed by atoms with Crippen LogP contribution in [-0.4, -0.2) is 16.0 Å². The van der Waals surface area contributed by atoms with Gasteiger partial charge < -0.3 is 5.32 Å². The molecule has 3 nitrogen and oxygen atoms in total. The fourth-order valence-electron chi connectivity index (χ4n) is 2.01. The van der Waals surface area contributed by atoms with Crippen molar-refractivity contribution in [1.29, 1.82) is 0 Å². The molecule has 2 heterocycles. The lowest BCUT2D eigenvalue weighted by molar-refractivity contribution is 0.559. The first-order chi connectivity index (χ1) is 9.04. The molecule has 0 spiro atoms. The van der Waals surface area contributed by atoms with Gasteiger partial charge in [0.1, 0.15) is 5.01 Å². The van der Waals surface area contributed by atoms with Gasteiger partial charge in [-0.05, 0) is 12.8 Å². The van der Waals surface area contributed by atoms with Crippen LogP contribution < -0.4 is 5.32 Å². The molecular weight excluding hydrogens is 274 g/mol. The van der Waals surface area contributed by atoms with Crippen LogP contribution in [0.4, 0.5) is 0 Å². The molecule has 1 aliphatic rings. The second-order valence-electron chi connectivity index (χ2n) is 6.06. The van der Waals surface area contributed by atoms with E-state index in [1.165, 1.54) is 28.3 Å². The third kappa shape index (κ3) is 3.04. The van der Waals surface area contributed by atoms with Gasteiger partial charge in [0.15, 0.2) is 0 Å². The van der Waals surface area contributed by atoms with Gasteiger partial charge in [-0.2, -0.15) is 0 Å². The molecule has 0 aromatic carbocycles. The standard InChI is InChI=1S/C14H19N3S2/c1-14(2,3)12-10(7-16-9-4-5-9)19-13(17-12)11-6-15-8-18-11/h6,8-9,16H,4-5,7H2,1-3H3. The Balaban J connectivity index is 1.90. The van der Waals surface area contributed by atoms with E-state index in [0.717, 1.165) is 17.6 Å². The van der Waals surface area contributed by atoms with Crippen molar-refractivity contribution >= 4 is 22.7 Å². The van der Waals surface area contributed by atoms with Gasteiger partial charge >= 0.3 is 0 Å². The highest BCUT2D eigenvalue weighted by Crippen LogP contribution is 2.36. The molecule has 1 fully saturated rings. The Morgan fingerprint density at radius 2 is 2.16 bits per heavy atom. The van der Waals surface area contributed by atoms with Gasteiger partial charge in [0.2, 0.25) is 0 Å². The van der Waals surface area contributed by atoms with Gasteiger partial charge in [-0.15, -0.1) is 22.7 Å². The smallest absolute Gasteiger partial charge is 0.135 e. The Kier molecular flexibility index (Phi) is 3.45. The molecule has 102 valence electrons. The molecule has 1 saturated carbocycles. The summed E-state index contributed by atoms with van der Waals surface area (Å²) in [5.41, 5.74) is 3.20. The van der Waals surface area contributed by atoms with E-state index in [2.05, 4.69) is 31.1 Å². The number of nitrogens with one attached hydrogen (secondary N) is 1. The highest BCUT2D eigenvalue weighted by atomic mass is 32.1. The van der Waals surface area contributed by atoms with Crippen LogP contribution in [-0.2, 0) is 12.0 Å². The van der Waals surface area contributed by atoms with Crippen molar-refractivity contribution in [2.75, 3.05) is 0 Å². The second-order valence-corrected chi connectivity index (χ2v) is 8.03. The Bertz CT molecular complexity index is 548. The maximum absolute atomic E-state index is 4.87. The van der Waals surface area contributed by atoms with Crippen LogP contribution in [0.25, 0.3) is 9.88 Å². The third-order valence-electron chi connectivity index (χ3n) is 3.18. The summed E-state index contributed by atoms with van der Waals surface area (Å²) in [6.07, 6.45) is 4.56. The average molecular weight is 293 g/mol. The van der Waals surface area contributed by atoms with Crippen LogP contribution in [0.1, 0.15) is 44.2 Å². The van der Waals surface area contributed by atoms with Crippen LogP contribution in [0.5, 0.6) is 0 Å². The quantitative estimate of drug-likeness (QED) is 0.931. The normalized spacial score (nSPS) is 15.9. The maximum atomic E-state index is 4.87. The molecule has 3 rings (SSSR count). The molecule has 0 atom stereocenters. The van der Waals surface area contributed by atoms with Crippen molar-refractivity contribution in [3.8, 4) is 9.88 Å². The molecule has 19 heavy (non-hydrogen) atoms. The van der Waals surface area contributed by atoms with Crippen LogP contribution in [0.2, 0.25) is 0 Å². The molecule has 0 saturated heterocycles. The summed E-state index contributed by atoms with van der Waals surface area (Å²) >= 11 is 3.47. The van der Waals surface area contributed by atoms with E-state index < -0.39 is 0 Å². The fraction of sp³-hybridized carbons (Fsp3) is 0.571. The molecule has 1 aliphatic carbocycles. The monoisotopic (exact) mass is 293 g/mol. The first-order valence-corrected chi connectivity index (χ1v) is 8.36. The number of hydrogen-bond acceptors (Lipinski definition) is 5. The van der Waals surface area contributed by atoms with Gasteiger partial charge in [0.25, 0.3) is 0 Å². The number of hydrogen-bond donors (Lipinski definition) is 1. The predicted octanol–water partition coefficient (Wildman–Crippen LogP) is 3.82. The molecule has 0 amide bonds. The van der Waals surface area contributed by atoms with Crippen molar-refractivity contribution in [3.05, 3.63) is 22.3 Å². The minimum Gasteiger partial charge on any atom is -0.309 e. The molecule has 2 aromatic heterocycles. The Morgan fingerprint density at radius 1 is 1.37 bits per heavy atom. The Morgan fingerprint density at radius 3 is 2.74 bits per heavy atom. The molecule has 0 radical (unpaired) electrons. The zero-order chi connectivity index (χ0) is 13.5. The van der Waals surface area contributed by atoms with Crippen molar-refractivity contribution in [2.45, 2.75) is 51.6 Å². The first kappa shape index (κ1) is 13.2. The van der Waals surface area contributed by atoms with E-state index in [9.17, 15) is 0 Å². The summed E-state index contributed by atoms with van der Waals surface area (Å²) in [6, 6.07) is 0.738. The van der Waals surface area contributed by atoms with Crippen molar-refractivity contribution in [3.63, 3.8) is 0 Å². The van der Waals surface area contributed by atoms with Gasteiger partial charge in [0, 0.05) is 29.1 Å². The number of nitrogens with zero attached hydrogens (tertiary/aromatic N) is 2. The Labute approximate surface area is 122 Å². The van der Waals surface area contributed by atoms with Crippen molar-refractivity contribution < 1.29 is 0 Å². The van der Waals surface area contributed by atoms with Crippen molar-refractivity contribution in [2.24, 2.45) is 0 Å². The van der Waals surface area contributed by atoms with Gasteiger partial charge in [0.05, 0.1) is 16.1 Å². The van der Waals surface area contributed by atoms with E-state index in [4.69, 9.17) is 4.98 Å². The third-order valence-corrected chi connectivity index (χ3v) is 5.18. The summed E-state index contributed by atoms with van der Waals surface area (Å²) in [7, 11) is 0. The van der Waals surface area contributed by atoms with Crippen LogP contribution in [0.3, 0.4) is 0 Å². The van der Waals surface area contributed by atoms with E-state index >= 15 is 0 Å². The van der Waals surface area contributed by atoms with E-state index in [0.29, 0.717) is 0 Å².